The molecule has 30 heavy (non-hydrogen) atoms. The van der Waals surface area contributed by atoms with Gasteiger partial charge in [-0.15, -0.1) is 0 Å². The van der Waals surface area contributed by atoms with E-state index in [1.54, 1.807) is 42.5 Å². The Hall–Kier alpha value is -3.33. The minimum atomic E-state index is -6.00. The molecule has 0 bridgehead atoms. The average molecular weight is 441 g/mol. The second-order valence-corrected chi connectivity index (χ2v) is 7.81. The van der Waals surface area contributed by atoms with E-state index in [-0.39, 0.29) is 22.0 Å². The molecule has 0 saturated carbocycles. The van der Waals surface area contributed by atoms with Crippen molar-refractivity contribution >= 4 is 39.4 Å². The molecule has 0 spiro atoms. The van der Waals surface area contributed by atoms with Crippen molar-refractivity contribution in [3.63, 3.8) is 0 Å². The highest BCUT2D eigenvalue weighted by molar-refractivity contribution is 7.93. The van der Waals surface area contributed by atoms with Crippen LogP contribution in [-0.4, -0.2) is 29.8 Å². The van der Waals surface area contributed by atoms with Crippen LogP contribution < -0.4 is 9.04 Å². The molecule has 0 aromatic heterocycles. The summed E-state index contributed by atoms with van der Waals surface area (Å²) >= 11 is 0. The third kappa shape index (κ3) is 5.18. The number of anilines is 1. The topological polar surface area (TPSA) is 74.8 Å². The van der Waals surface area contributed by atoms with Crippen molar-refractivity contribution in [2.45, 2.75) is 4.90 Å². The number of diazo groups is 1. The summed E-state index contributed by atoms with van der Waals surface area (Å²) < 4.78 is 71.6. The summed E-state index contributed by atoms with van der Waals surface area (Å²) in [6.45, 7) is 0. The molecule has 3 rings (SSSR count). The van der Waals surface area contributed by atoms with E-state index < -0.39 is 17.3 Å². The van der Waals surface area contributed by atoms with Gasteiger partial charge in [0.15, 0.2) is 10.7 Å². The molecule has 0 saturated heterocycles. The van der Waals surface area contributed by atoms with E-state index in [9.17, 15) is 31.1 Å². The van der Waals surface area contributed by atoms with Gasteiger partial charge in [0.25, 0.3) is 10.0 Å². The molecule has 0 heterocycles. The monoisotopic (exact) mass is 441 g/mol. The van der Waals surface area contributed by atoms with Crippen LogP contribution in [0.1, 0.15) is 0 Å². The lowest BCUT2D eigenvalue weighted by Crippen LogP contribution is -2.26. The van der Waals surface area contributed by atoms with Crippen molar-refractivity contribution in [2.75, 3.05) is 18.5 Å². The van der Waals surface area contributed by atoms with Crippen LogP contribution in [0, 0.1) is 5.39 Å². The van der Waals surface area contributed by atoms with Gasteiger partial charge in [0.1, 0.15) is 0 Å². The summed E-state index contributed by atoms with van der Waals surface area (Å²) in [5.74, 6) is 0.278. The molecular weight excluding hydrogens is 425 g/mol. The normalized spacial score (nSPS) is 11.2. The number of fused-ring (bicyclic) bond motifs is 1. The number of hydrogen-bond acceptors (Lipinski definition) is 4. The van der Waals surface area contributed by atoms with Crippen LogP contribution in [0.25, 0.3) is 15.7 Å². The van der Waals surface area contributed by atoms with Crippen LogP contribution in [0.15, 0.2) is 65.6 Å². The molecule has 0 amide bonds. The van der Waals surface area contributed by atoms with Crippen molar-refractivity contribution < 1.29 is 30.4 Å². The molecule has 0 unspecified atom stereocenters. The molecule has 3 aromatic carbocycles. The molecule has 0 N–H and O–H groups in total. The molecule has 0 fully saturated rings. The molecule has 158 valence electrons. The van der Waals surface area contributed by atoms with E-state index >= 15 is 0 Å². The standard InChI is InChI=1S/C18H16N3O3S.BF4/c1-21(15-10-6-11-16(24-2)18(15)20-19)25(22,23)17-12-5-8-13-7-3-4-9-14(13)17;2-1(3,4)5/h3-12H,1-2H3;/q+1;-1. The van der Waals surface area contributed by atoms with Crippen molar-refractivity contribution in [3.8, 4) is 5.75 Å². The smallest absolute Gasteiger partial charge is 0.489 e. The first-order valence-corrected chi connectivity index (χ1v) is 9.81. The number of benzene rings is 3. The summed E-state index contributed by atoms with van der Waals surface area (Å²) in [5, 5.41) is 10.8. The van der Waals surface area contributed by atoms with Crippen LogP contribution in [0.4, 0.5) is 28.6 Å². The average Bonchev–Trinajstić information content (AvgIpc) is 2.70. The van der Waals surface area contributed by atoms with Gasteiger partial charge in [-0.3, -0.25) is 4.31 Å². The number of halogens is 4. The SMILES string of the molecule is COc1cccc(N(C)S(=O)(=O)c2cccc3ccccc23)c1[N+]#N.F[B-](F)(F)F. The highest BCUT2D eigenvalue weighted by atomic mass is 32.2. The fourth-order valence-electron chi connectivity index (χ4n) is 2.73. The molecular formula is C18H16BF4N3O3S. The maximum atomic E-state index is 13.2. The van der Waals surface area contributed by atoms with Crippen LogP contribution in [0.3, 0.4) is 0 Å². The Morgan fingerprint density at radius 2 is 1.53 bits per heavy atom. The fourth-order valence-corrected chi connectivity index (χ4v) is 4.14. The Balaban J connectivity index is 0.000000575. The van der Waals surface area contributed by atoms with E-state index in [2.05, 4.69) is 4.98 Å². The summed E-state index contributed by atoms with van der Waals surface area (Å²) in [4.78, 5) is 3.38. The number of rotatable bonds is 4. The first kappa shape index (κ1) is 23.0. The predicted molar refractivity (Wildman–Crippen MR) is 107 cm³/mol. The number of hydrogen-bond donors (Lipinski definition) is 0. The van der Waals surface area contributed by atoms with Gasteiger partial charge in [0.05, 0.1) is 12.0 Å². The minimum Gasteiger partial charge on any atom is -0.489 e. The zero-order valence-corrected chi connectivity index (χ0v) is 16.7. The third-order valence-electron chi connectivity index (χ3n) is 4.02. The van der Waals surface area contributed by atoms with E-state index in [0.29, 0.717) is 5.39 Å². The first-order chi connectivity index (χ1) is 14.0. The maximum Gasteiger partial charge on any atom is 0.673 e. The zero-order valence-electron chi connectivity index (χ0n) is 15.8. The van der Waals surface area contributed by atoms with Gasteiger partial charge in [-0.05, 0) is 23.6 Å². The van der Waals surface area contributed by atoms with E-state index in [4.69, 9.17) is 4.74 Å². The molecule has 0 radical (unpaired) electrons. The van der Waals surface area contributed by atoms with Crippen LogP contribution >= 0.6 is 0 Å². The molecule has 0 atom stereocenters. The molecule has 0 aliphatic carbocycles. The van der Waals surface area contributed by atoms with Gasteiger partial charge >= 0.3 is 12.9 Å². The molecule has 3 aromatic rings. The maximum absolute atomic E-state index is 13.2. The highest BCUT2D eigenvalue weighted by Gasteiger charge is 2.31. The van der Waals surface area contributed by atoms with Gasteiger partial charge in [-0.1, -0.05) is 42.5 Å². The number of sulfonamides is 1. The Morgan fingerprint density at radius 3 is 2.13 bits per heavy atom. The lowest BCUT2D eigenvalue weighted by molar-refractivity contribution is 0.368. The summed E-state index contributed by atoms with van der Waals surface area (Å²) in [6.07, 6.45) is 0. The highest BCUT2D eigenvalue weighted by Crippen LogP contribution is 2.39. The molecule has 0 aliphatic rings. The number of nitrogens with zero attached hydrogens (tertiary/aromatic N) is 3. The van der Waals surface area contributed by atoms with E-state index in [0.717, 1.165) is 9.69 Å². The largest absolute Gasteiger partial charge is 0.673 e. The van der Waals surface area contributed by atoms with Crippen LogP contribution in [0.2, 0.25) is 0 Å². The lowest BCUT2D eigenvalue weighted by Gasteiger charge is -2.19. The zero-order chi connectivity index (χ0) is 22.5. The van der Waals surface area contributed by atoms with Crippen LogP contribution in [-0.2, 0) is 10.0 Å². The van der Waals surface area contributed by atoms with Crippen molar-refractivity contribution in [3.05, 3.63) is 65.6 Å². The third-order valence-corrected chi connectivity index (χ3v) is 5.85. The van der Waals surface area contributed by atoms with E-state index in [1.807, 2.05) is 18.2 Å². The van der Waals surface area contributed by atoms with Gasteiger partial charge in [-0.25, -0.2) is 8.42 Å². The van der Waals surface area contributed by atoms with E-state index in [1.165, 1.54) is 14.2 Å². The summed E-state index contributed by atoms with van der Waals surface area (Å²) in [6, 6.07) is 17.2. The first-order valence-electron chi connectivity index (χ1n) is 8.37. The van der Waals surface area contributed by atoms with Crippen molar-refractivity contribution in [1.29, 1.82) is 5.39 Å². The summed E-state index contributed by atoms with van der Waals surface area (Å²) in [7, 11) is -7.03. The second kappa shape index (κ2) is 9.00. The lowest BCUT2D eigenvalue weighted by atomic mass is 10.1. The quantitative estimate of drug-likeness (QED) is 0.306. The predicted octanol–water partition coefficient (Wildman–Crippen LogP) is 5.46. The second-order valence-electron chi connectivity index (χ2n) is 5.87. The minimum absolute atomic E-state index is 0.0521. The fraction of sp³-hybridized carbons (Fsp3) is 0.111. The molecule has 12 heteroatoms. The Labute approximate surface area is 170 Å². The van der Waals surface area contributed by atoms with Gasteiger partial charge in [0, 0.05) is 12.4 Å². The Bertz CT molecular complexity index is 1190. The van der Waals surface area contributed by atoms with Gasteiger partial charge in [-0.2, -0.15) is 0 Å². The molecule has 0 aliphatic heterocycles. The van der Waals surface area contributed by atoms with Gasteiger partial charge in [0.2, 0.25) is 11.1 Å². The molecule has 6 nitrogen and oxygen atoms in total. The van der Waals surface area contributed by atoms with Crippen molar-refractivity contribution in [1.82, 2.24) is 0 Å². The Kier molecular flexibility index (Phi) is 6.89. The Morgan fingerprint density at radius 1 is 0.967 bits per heavy atom. The summed E-state index contributed by atoms with van der Waals surface area (Å²) in [5.41, 5.74) is 0.270. The number of methoxy groups -OCH3 is 1. The number of ether oxygens (including phenoxy) is 1. The van der Waals surface area contributed by atoms with Crippen molar-refractivity contribution in [2.24, 2.45) is 0 Å². The van der Waals surface area contributed by atoms with Crippen LogP contribution in [0.5, 0.6) is 5.75 Å². The van der Waals surface area contributed by atoms with Gasteiger partial charge < -0.3 is 22.0 Å².